The first kappa shape index (κ1) is 17.6. The number of esters is 2. The molecule has 4 nitrogen and oxygen atoms in total. The average Bonchev–Trinajstić information content (AvgIpc) is 2.45. The number of carbonyl (C=O) groups is 2. The summed E-state index contributed by atoms with van der Waals surface area (Å²) in [5, 5.41) is 0. The van der Waals surface area contributed by atoms with Crippen LogP contribution in [0.5, 0.6) is 0 Å². The largest absolute Gasteiger partial charge is 0.431 e. The second-order valence-corrected chi connectivity index (χ2v) is 3.58. The van der Waals surface area contributed by atoms with Crippen LogP contribution in [0.2, 0.25) is 0 Å². The summed E-state index contributed by atoms with van der Waals surface area (Å²) in [6.07, 6.45) is 12.0. The van der Waals surface area contributed by atoms with Gasteiger partial charge in [-0.1, -0.05) is 36.5 Å². The predicted octanol–water partition coefficient (Wildman–Crippen LogP) is 3.59. The van der Waals surface area contributed by atoms with Crippen LogP contribution in [0, 0.1) is 0 Å². The molecule has 0 aliphatic carbocycles. The van der Waals surface area contributed by atoms with E-state index in [1.54, 1.807) is 52.0 Å². The Morgan fingerprint density at radius 1 is 0.650 bits per heavy atom. The van der Waals surface area contributed by atoms with Crippen molar-refractivity contribution in [1.82, 2.24) is 0 Å². The molecule has 0 aliphatic rings. The molecular formula is C16H20O4. The summed E-state index contributed by atoms with van der Waals surface area (Å²) in [6.45, 7) is 6.93. The van der Waals surface area contributed by atoms with Crippen LogP contribution in [-0.2, 0) is 19.1 Å². The van der Waals surface area contributed by atoms with Crippen molar-refractivity contribution < 1.29 is 19.1 Å². The smallest absolute Gasteiger partial charge is 0.343 e. The van der Waals surface area contributed by atoms with E-state index in [2.05, 4.69) is 0 Å². The van der Waals surface area contributed by atoms with Gasteiger partial charge in [-0.25, -0.2) is 9.59 Å². The number of rotatable bonds is 6. The fourth-order valence-electron chi connectivity index (χ4n) is 1.26. The van der Waals surface area contributed by atoms with Gasteiger partial charge in [0.2, 0.25) is 0 Å². The number of hydrogen-bond acceptors (Lipinski definition) is 4. The van der Waals surface area contributed by atoms with Gasteiger partial charge in [0.1, 0.15) is 0 Å². The highest BCUT2D eigenvalue weighted by Gasteiger charge is 2.18. The third kappa shape index (κ3) is 6.00. The Morgan fingerprint density at radius 3 is 1.25 bits per heavy atom. The number of hydrogen-bond donors (Lipinski definition) is 0. The van der Waals surface area contributed by atoms with Gasteiger partial charge in [0, 0.05) is 0 Å². The normalized spacial score (nSPS) is 13.4. The molecule has 0 heterocycles. The van der Waals surface area contributed by atoms with Gasteiger partial charge >= 0.3 is 11.9 Å². The van der Waals surface area contributed by atoms with E-state index in [9.17, 15) is 9.59 Å². The maximum absolute atomic E-state index is 11.9. The standard InChI is InChI=1S/C16H20O4/c1-5-9-13(15(17)19-11-7-3)14(10-6-2)16(18)20-12-8-4/h5-12H,1-4H3. The molecule has 108 valence electrons. The van der Waals surface area contributed by atoms with Crippen molar-refractivity contribution >= 4 is 11.9 Å². The fourth-order valence-corrected chi connectivity index (χ4v) is 1.26. The molecule has 0 aliphatic heterocycles. The minimum absolute atomic E-state index is 0.137. The fraction of sp³-hybridized carbons (Fsp3) is 0.250. The van der Waals surface area contributed by atoms with Crippen molar-refractivity contribution in [2.45, 2.75) is 27.7 Å². The Kier molecular flexibility index (Phi) is 9.31. The molecule has 0 aromatic carbocycles. The molecule has 0 aromatic heterocycles. The monoisotopic (exact) mass is 276 g/mol. The molecule has 0 spiro atoms. The van der Waals surface area contributed by atoms with E-state index < -0.39 is 11.9 Å². The quantitative estimate of drug-likeness (QED) is 0.322. The van der Waals surface area contributed by atoms with Crippen LogP contribution >= 0.6 is 0 Å². The highest BCUT2D eigenvalue weighted by atomic mass is 16.5. The highest BCUT2D eigenvalue weighted by Crippen LogP contribution is 2.13. The SMILES string of the molecule is CC=COC(=O)C(C=CC)=C(C=CC)C(=O)OC=CC. The van der Waals surface area contributed by atoms with E-state index in [-0.39, 0.29) is 11.1 Å². The van der Waals surface area contributed by atoms with Crippen LogP contribution in [0.3, 0.4) is 0 Å². The lowest BCUT2D eigenvalue weighted by molar-refractivity contribution is -0.136. The van der Waals surface area contributed by atoms with E-state index in [0.717, 1.165) is 0 Å². The molecule has 0 radical (unpaired) electrons. The molecular weight excluding hydrogens is 256 g/mol. The van der Waals surface area contributed by atoms with Gasteiger partial charge in [-0.3, -0.25) is 0 Å². The van der Waals surface area contributed by atoms with Crippen molar-refractivity contribution in [1.29, 1.82) is 0 Å². The predicted molar refractivity (Wildman–Crippen MR) is 78.5 cm³/mol. The summed E-state index contributed by atoms with van der Waals surface area (Å²) in [6, 6.07) is 0. The lowest BCUT2D eigenvalue weighted by Crippen LogP contribution is -2.12. The zero-order chi connectivity index (χ0) is 15.4. The minimum Gasteiger partial charge on any atom is -0.431 e. The molecule has 0 N–H and O–H groups in total. The van der Waals surface area contributed by atoms with E-state index in [0.29, 0.717) is 0 Å². The number of ether oxygens (including phenoxy) is 2. The maximum Gasteiger partial charge on any atom is 0.343 e. The summed E-state index contributed by atoms with van der Waals surface area (Å²) in [5.41, 5.74) is 0.274. The second kappa shape index (κ2) is 10.6. The van der Waals surface area contributed by atoms with Crippen LogP contribution in [0.15, 0.2) is 60.1 Å². The summed E-state index contributed by atoms with van der Waals surface area (Å²) in [7, 11) is 0. The van der Waals surface area contributed by atoms with Gasteiger partial charge < -0.3 is 9.47 Å². The Bertz CT molecular complexity index is 433. The van der Waals surface area contributed by atoms with Gasteiger partial charge in [-0.2, -0.15) is 0 Å². The first-order chi connectivity index (χ1) is 9.62. The van der Waals surface area contributed by atoms with Crippen molar-refractivity contribution in [2.24, 2.45) is 0 Å². The van der Waals surface area contributed by atoms with Crippen LogP contribution in [0.1, 0.15) is 27.7 Å². The Hall–Kier alpha value is -2.36. The molecule has 0 saturated heterocycles. The van der Waals surface area contributed by atoms with Crippen LogP contribution in [0.25, 0.3) is 0 Å². The molecule has 0 saturated carbocycles. The Balaban J connectivity index is 5.65. The highest BCUT2D eigenvalue weighted by molar-refractivity contribution is 6.04. The van der Waals surface area contributed by atoms with Gasteiger partial charge in [0.25, 0.3) is 0 Å². The first-order valence-electron chi connectivity index (χ1n) is 6.26. The summed E-state index contributed by atoms with van der Waals surface area (Å²) < 4.78 is 9.80. The third-order valence-corrected chi connectivity index (χ3v) is 2.02. The number of carbonyl (C=O) groups excluding carboxylic acids is 2. The van der Waals surface area contributed by atoms with Gasteiger partial charge in [-0.05, 0) is 27.7 Å². The lowest BCUT2D eigenvalue weighted by atomic mass is 10.1. The minimum atomic E-state index is -0.619. The Morgan fingerprint density at radius 2 is 1.00 bits per heavy atom. The second-order valence-electron chi connectivity index (χ2n) is 3.58. The van der Waals surface area contributed by atoms with Crippen molar-refractivity contribution in [2.75, 3.05) is 0 Å². The van der Waals surface area contributed by atoms with Crippen molar-refractivity contribution in [3.05, 3.63) is 60.1 Å². The van der Waals surface area contributed by atoms with Crippen LogP contribution in [0.4, 0.5) is 0 Å². The number of allylic oxidation sites excluding steroid dienone is 4. The zero-order valence-electron chi connectivity index (χ0n) is 12.3. The zero-order valence-corrected chi connectivity index (χ0v) is 12.3. The summed E-state index contributed by atoms with van der Waals surface area (Å²) >= 11 is 0. The van der Waals surface area contributed by atoms with Gasteiger partial charge in [0.05, 0.1) is 23.7 Å². The average molecular weight is 276 g/mol. The van der Waals surface area contributed by atoms with Crippen molar-refractivity contribution in [3.8, 4) is 0 Å². The van der Waals surface area contributed by atoms with E-state index in [1.165, 1.54) is 24.7 Å². The molecule has 0 fully saturated rings. The van der Waals surface area contributed by atoms with Crippen LogP contribution < -0.4 is 0 Å². The molecule has 20 heavy (non-hydrogen) atoms. The summed E-state index contributed by atoms with van der Waals surface area (Å²) in [4.78, 5) is 23.9. The Labute approximate surface area is 119 Å². The first-order valence-corrected chi connectivity index (χ1v) is 6.26. The lowest BCUT2D eigenvalue weighted by Gasteiger charge is -2.06. The van der Waals surface area contributed by atoms with E-state index in [4.69, 9.17) is 9.47 Å². The molecule has 0 amide bonds. The third-order valence-electron chi connectivity index (χ3n) is 2.02. The van der Waals surface area contributed by atoms with E-state index in [1.807, 2.05) is 0 Å². The molecule has 0 rings (SSSR count). The molecule has 0 atom stereocenters. The topological polar surface area (TPSA) is 52.6 Å². The molecule has 0 bridgehead atoms. The molecule has 4 heteroatoms. The summed E-state index contributed by atoms with van der Waals surface area (Å²) in [5.74, 6) is -1.24. The van der Waals surface area contributed by atoms with E-state index >= 15 is 0 Å². The molecule has 0 unspecified atom stereocenters. The van der Waals surface area contributed by atoms with Crippen LogP contribution in [-0.4, -0.2) is 11.9 Å². The van der Waals surface area contributed by atoms with Gasteiger partial charge in [0.15, 0.2) is 0 Å². The maximum atomic E-state index is 11.9. The van der Waals surface area contributed by atoms with Gasteiger partial charge in [-0.15, -0.1) is 0 Å². The molecule has 0 aromatic rings. The van der Waals surface area contributed by atoms with Crippen molar-refractivity contribution in [3.63, 3.8) is 0 Å².